The molecule has 156 valence electrons. The molecule has 3 aromatic carbocycles. The van der Waals surface area contributed by atoms with Crippen LogP contribution in [0, 0.1) is 6.92 Å². The predicted molar refractivity (Wildman–Crippen MR) is 120 cm³/mol. The van der Waals surface area contributed by atoms with Crippen molar-refractivity contribution in [3.63, 3.8) is 0 Å². The molecule has 0 saturated carbocycles. The number of carbonyl (C=O) groups excluding carboxylic acids is 2. The summed E-state index contributed by atoms with van der Waals surface area (Å²) in [6.07, 6.45) is 0. The van der Waals surface area contributed by atoms with Crippen molar-refractivity contribution in [2.75, 3.05) is 24.4 Å². The lowest BCUT2D eigenvalue weighted by Gasteiger charge is -2.16. The molecular formula is C25H22N2O4. The predicted octanol–water partition coefficient (Wildman–Crippen LogP) is 4.41. The number of rotatable bonds is 6. The molecule has 31 heavy (non-hydrogen) atoms. The molecule has 0 unspecified atom stereocenters. The van der Waals surface area contributed by atoms with Gasteiger partial charge in [0.2, 0.25) is 0 Å². The molecule has 0 saturated heterocycles. The van der Waals surface area contributed by atoms with E-state index in [1.54, 1.807) is 42.5 Å². The van der Waals surface area contributed by atoms with Crippen LogP contribution in [0.2, 0.25) is 0 Å². The molecule has 1 N–H and O–H groups in total. The van der Waals surface area contributed by atoms with Crippen molar-refractivity contribution in [3.8, 4) is 11.5 Å². The Bertz CT molecular complexity index is 1200. The Balaban J connectivity index is 1.86. The number of methoxy groups -OCH3 is 2. The van der Waals surface area contributed by atoms with Gasteiger partial charge in [-0.15, -0.1) is 0 Å². The highest BCUT2D eigenvalue weighted by molar-refractivity contribution is 6.46. The van der Waals surface area contributed by atoms with Gasteiger partial charge in [0, 0.05) is 17.3 Å². The van der Waals surface area contributed by atoms with E-state index in [9.17, 15) is 9.59 Å². The second kappa shape index (κ2) is 8.36. The molecule has 1 aliphatic rings. The number of aryl methyl sites for hydroxylation is 1. The largest absolute Gasteiger partial charge is 0.497 e. The van der Waals surface area contributed by atoms with E-state index in [2.05, 4.69) is 5.32 Å². The monoisotopic (exact) mass is 414 g/mol. The molecule has 1 heterocycles. The van der Waals surface area contributed by atoms with Gasteiger partial charge in [-0.25, -0.2) is 4.90 Å². The highest BCUT2D eigenvalue weighted by Crippen LogP contribution is 2.38. The van der Waals surface area contributed by atoms with Gasteiger partial charge in [0.05, 0.1) is 25.5 Å². The second-order valence-electron chi connectivity index (χ2n) is 7.09. The van der Waals surface area contributed by atoms with Crippen molar-refractivity contribution >= 4 is 28.8 Å². The number of imide groups is 1. The van der Waals surface area contributed by atoms with Crippen LogP contribution in [0.4, 0.5) is 11.4 Å². The first-order valence-electron chi connectivity index (χ1n) is 9.77. The third kappa shape index (κ3) is 3.75. The van der Waals surface area contributed by atoms with Crippen LogP contribution in [0.3, 0.4) is 0 Å². The van der Waals surface area contributed by atoms with Crippen molar-refractivity contribution in [2.45, 2.75) is 6.92 Å². The summed E-state index contributed by atoms with van der Waals surface area (Å²) in [7, 11) is 3.07. The van der Waals surface area contributed by atoms with Crippen molar-refractivity contribution in [1.82, 2.24) is 0 Å². The number of nitrogens with one attached hydrogen (secondary N) is 1. The van der Waals surface area contributed by atoms with Crippen LogP contribution in [-0.2, 0) is 9.59 Å². The third-order valence-electron chi connectivity index (χ3n) is 5.06. The van der Waals surface area contributed by atoms with Gasteiger partial charge < -0.3 is 14.8 Å². The molecule has 1 aliphatic heterocycles. The van der Waals surface area contributed by atoms with Gasteiger partial charge in [-0.1, -0.05) is 36.4 Å². The van der Waals surface area contributed by atoms with E-state index in [-0.39, 0.29) is 11.3 Å². The molecule has 6 nitrogen and oxygen atoms in total. The molecule has 6 heteroatoms. The summed E-state index contributed by atoms with van der Waals surface area (Å²) in [6, 6.07) is 21.6. The minimum atomic E-state index is -0.444. The number of amides is 2. The van der Waals surface area contributed by atoms with Crippen LogP contribution in [-0.4, -0.2) is 26.0 Å². The molecule has 0 atom stereocenters. The van der Waals surface area contributed by atoms with Crippen LogP contribution in [0.15, 0.2) is 78.5 Å². The lowest BCUT2D eigenvalue weighted by atomic mass is 10.0. The van der Waals surface area contributed by atoms with Gasteiger partial charge in [0.25, 0.3) is 11.8 Å². The van der Waals surface area contributed by atoms with Crippen molar-refractivity contribution < 1.29 is 19.1 Å². The number of benzene rings is 3. The van der Waals surface area contributed by atoms with E-state index < -0.39 is 11.8 Å². The van der Waals surface area contributed by atoms with Crippen molar-refractivity contribution in [1.29, 1.82) is 0 Å². The number of anilines is 2. The Hall–Kier alpha value is -4.06. The summed E-state index contributed by atoms with van der Waals surface area (Å²) in [6.45, 7) is 1.96. The molecule has 0 bridgehead atoms. The van der Waals surface area contributed by atoms with Gasteiger partial charge in [0.15, 0.2) is 0 Å². The van der Waals surface area contributed by atoms with Gasteiger partial charge in [-0.05, 0) is 42.8 Å². The zero-order valence-electron chi connectivity index (χ0n) is 17.5. The van der Waals surface area contributed by atoms with E-state index in [4.69, 9.17) is 9.47 Å². The van der Waals surface area contributed by atoms with Gasteiger partial charge >= 0.3 is 0 Å². The maximum absolute atomic E-state index is 13.6. The maximum atomic E-state index is 13.6. The van der Waals surface area contributed by atoms with E-state index in [0.717, 1.165) is 16.2 Å². The lowest BCUT2D eigenvalue weighted by Crippen LogP contribution is -2.32. The number of ether oxygens (including phenoxy) is 2. The minimum absolute atomic E-state index is 0.197. The smallest absolute Gasteiger partial charge is 0.282 e. The van der Waals surface area contributed by atoms with Crippen molar-refractivity contribution in [3.05, 3.63) is 89.6 Å². The average Bonchev–Trinajstić information content (AvgIpc) is 3.03. The Morgan fingerprint density at radius 1 is 0.806 bits per heavy atom. The summed E-state index contributed by atoms with van der Waals surface area (Å²) < 4.78 is 10.7. The molecule has 3 aromatic rings. The summed E-state index contributed by atoms with van der Waals surface area (Å²) in [5.74, 6) is 0.185. The van der Waals surface area contributed by atoms with Crippen LogP contribution in [0.25, 0.3) is 5.57 Å². The molecule has 0 radical (unpaired) electrons. The normalized spacial score (nSPS) is 13.6. The molecule has 0 aliphatic carbocycles. The Kier molecular flexibility index (Phi) is 5.45. The number of carbonyl (C=O) groups is 2. The van der Waals surface area contributed by atoms with Gasteiger partial charge in [-0.2, -0.15) is 0 Å². The van der Waals surface area contributed by atoms with Gasteiger partial charge in [0.1, 0.15) is 17.2 Å². The first-order chi connectivity index (χ1) is 15.0. The highest BCUT2D eigenvalue weighted by Gasteiger charge is 2.41. The van der Waals surface area contributed by atoms with Crippen LogP contribution in [0.1, 0.15) is 11.1 Å². The Morgan fingerprint density at radius 2 is 1.58 bits per heavy atom. The van der Waals surface area contributed by atoms with Crippen LogP contribution < -0.4 is 19.7 Å². The molecule has 4 rings (SSSR count). The highest BCUT2D eigenvalue weighted by atomic mass is 16.5. The van der Waals surface area contributed by atoms with E-state index in [0.29, 0.717) is 22.7 Å². The van der Waals surface area contributed by atoms with Gasteiger partial charge in [-0.3, -0.25) is 9.59 Å². The fourth-order valence-electron chi connectivity index (χ4n) is 3.60. The van der Waals surface area contributed by atoms with E-state index in [1.165, 1.54) is 14.2 Å². The summed E-state index contributed by atoms with van der Waals surface area (Å²) >= 11 is 0. The summed E-state index contributed by atoms with van der Waals surface area (Å²) in [5, 5.41) is 3.17. The zero-order valence-corrected chi connectivity index (χ0v) is 17.5. The maximum Gasteiger partial charge on any atom is 0.282 e. The number of nitrogens with zero attached hydrogens (tertiary/aromatic N) is 1. The summed E-state index contributed by atoms with van der Waals surface area (Å²) in [5.41, 5.74) is 3.18. The first kappa shape index (κ1) is 20.2. The topological polar surface area (TPSA) is 67.9 Å². The fourth-order valence-corrected chi connectivity index (χ4v) is 3.60. The quantitative estimate of drug-likeness (QED) is 0.605. The molecule has 0 fully saturated rings. The number of hydrogen-bond acceptors (Lipinski definition) is 5. The SMILES string of the molecule is COc1cccc(N2C(=O)C(Nc3cccc(C)c3)=C(c3ccccc3OC)C2=O)c1. The van der Waals surface area contributed by atoms with Crippen molar-refractivity contribution in [2.24, 2.45) is 0 Å². The van der Waals surface area contributed by atoms with Crippen LogP contribution >= 0.6 is 0 Å². The first-order valence-corrected chi connectivity index (χ1v) is 9.77. The van der Waals surface area contributed by atoms with Crippen LogP contribution in [0.5, 0.6) is 11.5 Å². The van der Waals surface area contributed by atoms with E-state index in [1.807, 2.05) is 37.3 Å². The second-order valence-corrected chi connectivity index (χ2v) is 7.09. The summed E-state index contributed by atoms with van der Waals surface area (Å²) in [4.78, 5) is 28.2. The average molecular weight is 414 g/mol. The molecule has 0 spiro atoms. The Labute approximate surface area is 180 Å². The standard InChI is InChI=1S/C25H22N2O4/c1-16-8-6-9-17(14-16)26-23-22(20-12-4-5-13-21(20)31-3)24(28)27(25(23)29)18-10-7-11-19(15-18)30-2/h4-15,26H,1-3H3. The third-order valence-corrected chi connectivity index (χ3v) is 5.06. The fraction of sp³-hybridized carbons (Fsp3) is 0.120. The lowest BCUT2D eigenvalue weighted by molar-refractivity contribution is -0.120. The molecule has 0 aromatic heterocycles. The number of para-hydroxylation sites is 1. The number of hydrogen-bond donors (Lipinski definition) is 1. The van der Waals surface area contributed by atoms with E-state index >= 15 is 0 Å². The Morgan fingerprint density at radius 3 is 2.32 bits per heavy atom. The molecule has 2 amide bonds. The zero-order chi connectivity index (χ0) is 22.0. The minimum Gasteiger partial charge on any atom is -0.497 e. The molecular weight excluding hydrogens is 392 g/mol.